The van der Waals surface area contributed by atoms with Gasteiger partial charge >= 0.3 is 5.97 Å². The number of nitrogens with zero attached hydrogens (tertiary/aromatic N) is 1. The molecule has 4 heteroatoms. The molecule has 20 heavy (non-hydrogen) atoms. The molecular formula is C16H20FNO2. The molecule has 1 aromatic rings. The quantitative estimate of drug-likeness (QED) is 0.778. The summed E-state index contributed by atoms with van der Waals surface area (Å²) in [6.07, 6.45) is 3.78. The number of carbonyl (C=O) groups is 1. The molecule has 0 aliphatic carbocycles. The van der Waals surface area contributed by atoms with Gasteiger partial charge in [0.2, 0.25) is 0 Å². The van der Waals surface area contributed by atoms with Crippen molar-refractivity contribution in [2.45, 2.75) is 43.2 Å². The van der Waals surface area contributed by atoms with Crippen LogP contribution in [0.5, 0.6) is 0 Å². The average Bonchev–Trinajstić information content (AvgIpc) is 2.68. The van der Waals surface area contributed by atoms with Crippen LogP contribution in [0.1, 0.15) is 31.2 Å². The summed E-state index contributed by atoms with van der Waals surface area (Å²) < 4.78 is 18.3. The SMILES string of the molecule is COC(=O)C1(c2ccc(F)cc2)CC2CCC(C1)N2C. The third kappa shape index (κ3) is 1.94. The van der Waals surface area contributed by atoms with Crippen molar-refractivity contribution in [1.29, 1.82) is 0 Å². The van der Waals surface area contributed by atoms with Gasteiger partial charge in [0.1, 0.15) is 5.82 Å². The third-order valence-electron chi connectivity index (χ3n) is 5.13. The number of piperidine rings is 1. The summed E-state index contributed by atoms with van der Waals surface area (Å²) in [6.45, 7) is 0. The van der Waals surface area contributed by atoms with Crippen molar-refractivity contribution in [2.75, 3.05) is 14.2 Å². The first-order valence-corrected chi connectivity index (χ1v) is 7.13. The van der Waals surface area contributed by atoms with Crippen molar-refractivity contribution in [2.24, 2.45) is 0 Å². The van der Waals surface area contributed by atoms with Crippen LogP contribution < -0.4 is 0 Å². The van der Waals surface area contributed by atoms with Gasteiger partial charge in [-0.3, -0.25) is 4.79 Å². The first-order chi connectivity index (χ1) is 9.56. The maximum absolute atomic E-state index is 13.2. The second-order valence-corrected chi connectivity index (χ2v) is 6.04. The lowest BCUT2D eigenvalue weighted by molar-refractivity contribution is -0.150. The van der Waals surface area contributed by atoms with Crippen LogP contribution in [-0.4, -0.2) is 37.1 Å². The maximum atomic E-state index is 13.2. The first-order valence-electron chi connectivity index (χ1n) is 7.13. The molecule has 2 unspecified atom stereocenters. The Morgan fingerprint density at radius 2 is 1.80 bits per heavy atom. The van der Waals surface area contributed by atoms with Crippen molar-refractivity contribution in [3.05, 3.63) is 35.6 Å². The van der Waals surface area contributed by atoms with Gasteiger partial charge in [-0.15, -0.1) is 0 Å². The topological polar surface area (TPSA) is 29.5 Å². The number of halogens is 1. The minimum atomic E-state index is -0.610. The molecule has 2 saturated heterocycles. The fourth-order valence-electron chi connectivity index (χ4n) is 3.95. The number of carbonyl (C=O) groups excluding carboxylic acids is 1. The van der Waals surface area contributed by atoms with Gasteiger partial charge in [0.05, 0.1) is 12.5 Å². The maximum Gasteiger partial charge on any atom is 0.316 e. The number of hydrogen-bond donors (Lipinski definition) is 0. The van der Waals surface area contributed by atoms with Crippen molar-refractivity contribution in [1.82, 2.24) is 4.90 Å². The molecule has 3 rings (SSSR count). The van der Waals surface area contributed by atoms with E-state index in [9.17, 15) is 9.18 Å². The second kappa shape index (κ2) is 4.85. The molecule has 2 bridgehead atoms. The van der Waals surface area contributed by atoms with Gasteiger partial charge in [0, 0.05) is 12.1 Å². The van der Waals surface area contributed by atoms with Crippen molar-refractivity contribution in [3.63, 3.8) is 0 Å². The number of benzene rings is 1. The molecule has 0 spiro atoms. The fourth-order valence-corrected chi connectivity index (χ4v) is 3.95. The largest absolute Gasteiger partial charge is 0.468 e. The molecule has 108 valence electrons. The highest BCUT2D eigenvalue weighted by Crippen LogP contribution is 2.47. The number of hydrogen-bond acceptors (Lipinski definition) is 3. The summed E-state index contributed by atoms with van der Waals surface area (Å²) in [4.78, 5) is 14.8. The van der Waals surface area contributed by atoms with Gasteiger partial charge in [-0.25, -0.2) is 4.39 Å². The van der Waals surface area contributed by atoms with E-state index >= 15 is 0 Å². The Balaban J connectivity index is 2.02. The molecule has 3 nitrogen and oxygen atoms in total. The van der Waals surface area contributed by atoms with Crippen LogP contribution in [0.25, 0.3) is 0 Å². The molecule has 2 aliphatic rings. The van der Waals surface area contributed by atoms with E-state index in [1.807, 2.05) is 0 Å². The number of fused-ring (bicyclic) bond motifs is 2. The highest BCUT2D eigenvalue weighted by Gasteiger charge is 2.52. The summed E-state index contributed by atoms with van der Waals surface area (Å²) >= 11 is 0. The molecule has 1 aromatic carbocycles. The van der Waals surface area contributed by atoms with Gasteiger partial charge in [-0.05, 0) is 50.4 Å². The Morgan fingerprint density at radius 1 is 1.25 bits per heavy atom. The Morgan fingerprint density at radius 3 is 2.30 bits per heavy atom. The fraction of sp³-hybridized carbons (Fsp3) is 0.562. The number of rotatable bonds is 2. The summed E-state index contributed by atoms with van der Waals surface area (Å²) in [5, 5.41) is 0. The zero-order valence-corrected chi connectivity index (χ0v) is 11.9. The highest BCUT2D eigenvalue weighted by molar-refractivity contribution is 5.83. The van der Waals surface area contributed by atoms with Crippen LogP contribution in [-0.2, 0) is 14.9 Å². The Labute approximate surface area is 118 Å². The highest BCUT2D eigenvalue weighted by atomic mass is 19.1. The van der Waals surface area contributed by atoms with Crippen LogP contribution in [0.3, 0.4) is 0 Å². The van der Waals surface area contributed by atoms with Gasteiger partial charge in [-0.2, -0.15) is 0 Å². The summed E-state index contributed by atoms with van der Waals surface area (Å²) in [5.41, 5.74) is 0.275. The molecule has 2 fully saturated rings. The average molecular weight is 277 g/mol. The van der Waals surface area contributed by atoms with Crippen LogP contribution in [0, 0.1) is 5.82 Å². The van der Waals surface area contributed by atoms with Crippen LogP contribution in [0.4, 0.5) is 4.39 Å². The predicted molar refractivity (Wildman–Crippen MR) is 73.9 cm³/mol. The minimum absolute atomic E-state index is 0.186. The minimum Gasteiger partial charge on any atom is -0.468 e. The zero-order valence-electron chi connectivity index (χ0n) is 11.9. The van der Waals surface area contributed by atoms with Gasteiger partial charge in [-0.1, -0.05) is 12.1 Å². The molecule has 2 atom stereocenters. The molecule has 0 radical (unpaired) electrons. The van der Waals surface area contributed by atoms with Gasteiger partial charge in [0.15, 0.2) is 0 Å². The number of ether oxygens (including phenoxy) is 1. The van der Waals surface area contributed by atoms with Crippen molar-refractivity contribution in [3.8, 4) is 0 Å². The number of esters is 1. The van der Waals surface area contributed by atoms with Gasteiger partial charge in [0.25, 0.3) is 0 Å². The lowest BCUT2D eigenvalue weighted by atomic mass is 9.70. The normalized spacial score (nSPS) is 33.1. The summed E-state index contributed by atoms with van der Waals surface area (Å²) in [6, 6.07) is 7.16. The van der Waals surface area contributed by atoms with Gasteiger partial charge < -0.3 is 9.64 Å². The first kappa shape index (κ1) is 13.6. The standard InChI is InChI=1S/C16H20FNO2/c1-18-13-7-8-14(18)10-16(9-13,15(19)20-2)11-3-5-12(17)6-4-11/h3-6,13-14H,7-10H2,1-2H3. The Hall–Kier alpha value is -1.42. The van der Waals surface area contributed by atoms with Crippen LogP contribution >= 0.6 is 0 Å². The van der Waals surface area contributed by atoms with E-state index in [0.717, 1.165) is 31.2 Å². The van der Waals surface area contributed by atoms with Crippen molar-refractivity contribution < 1.29 is 13.9 Å². The van der Waals surface area contributed by atoms with E-state index in [-0.39, 0.29) is 11.8 Å². The Bertz CT molecular complexity index is 500. The third-order valence-corrected chi connectivity index (χ3v) is 5.13. The molecule has 0 N–H and O–H groups in total. The monoisotopic (exact) mass is 277 g/mol. The summed E-state index contributed by atoms with van der Waals surface area (Å²) in [5.74, 6) is -0.459. The molecule has 2 aliphatic heterocycles. The smallest absolute Gasteiger partial charge is 0.316 e. The van der Waals surface area contributed by atoms with E-state index < -0.39 is 5.41 Å². The number of methoxy groups -OCH3 is 1. The van der Waals surface area contributed by atoms with E-state index in [4.69, 9.17) is 4.74 Å². The van der Waals surface area contributed by atoms with Crippen molar-refractivity contribution >= 4 is 5.97 Å². The lowest BCUT2D eigenvalue weighted by Crippen LogP contribution is -2.51. The molecular weight excluding hydrogens is 257 g/mol. The predicted octanol–water partition coefficient (Wildman–Crippen LogP) is 2.49. The molecule has 2 heterocycles. The van der Waals surface area contributed by atoms with E-state index in [1.54, 1.807) is 12.1 Å². The van der Waals surface area contributed by atoms with E-state index in [0.29, 0.717) is 12.1 Å². The zero-order chi connectivity index (χ0) is 14.3. The summed E-state index contributed by atoms with van der Waals surface area (Å²) in [7, 11) is 3.57. The second-order valence-electron chi connectivity index (χ2n) is 6.04. The molecule has 0 amide bonds. The van der Waals surface area contributed by atoms with Crippen LogP contribution in [0.15, 0.2) is 24.3 Å². The Kier molecular flexibility index (Phi) is 3.28. The lowest BCUT2D eigenvalue weighted by Gasteiger charge is -2.43. The molecule has 0 saturated carbocycles. The van der Waals surface area contributed by atoms with E-state index in [2.05, 4.69) is 11.9 Å². The van der Waals surface area contributed by atoms with E-state index in [1.165, 1.54) is 19.2 Å². The van der Waals surface area contributed by atoms with Crippen LogP contribution in [0.2, 0.25) is 0 Å². The molecule has 0 aromatic heterocycles.